The summed E-state index contributed by atoms with van der Waals surface area (Å²) in [5.41, 5.74) is 0.326. The second-order valence-corrected chi connectivity index (χ2v) is 4.96. The molecule has 6 atom stereocenters. The second kappa shape index (κ2) is 7.14. The Morgan fingerprint density at radius 2 is 1.77 bits per heavy atom. The van der Waals surface area contributed by atoms with Gasteiger partial charge in [0.15, 0.2) is 12.4 Å². The summed E-state index contributed by atoms with van der Waals surface area (Å²) in [5.74, 6) is -1.30. The number of aliphatic hydroxyl groups excluding tert-OH is 4. The number of carboxylic acids is 1. The Balaban J connectivity index is 2.17. The number of carboxylic acid groups (broad SMARTS) is 1. The zero-order valence-electron chi connectivity index (χ0n) is 11.5. The highest BCUT2D eigenvalue weighted by molar-refractivity contribution is 5.74. The zero-order chi connectivity index (χ0) is 16.3. The van der Waals surface area contributed by atoms with Crippen LogP contribution in [-0.2, 0) is 14.3 Å². The predicted molar refractivity (Wildman–Crippen MR) is 71.7 cm³/mol. The van der Waals surface area contributed by atoms with Gasteiger partial charge in [-0.1, -0.05) is 30.3 Å². The molecule has 0 aliphatic carbocycles. The van der Waals surface area contributed by atoms with Crippen molar-refractivity contribution in [2.45, 2.75) is 36.8 Å². The van der Waals surface area contributed by atoms with Crippen LogP contribution in [0, 0.1) is 0 Å². The van der Waals surface area contributed by atoms with E-state index in [1.807, 2.05) is 0 Å². The van der Waals surface area contributed by atoms with Gasteiger partial charge in [-0.15, -0.1) is 0 Å². The standard InChI is InChI=1S/C14H18O8/c15-6-8-9(16)10(17)11(18)14(21-8)22-12(13(19)20)7-4-2-1-3-5-7/h1-5,8-12,14-18H,6H2,(H,19,20)/t8-,9-,10+,11-,12+,14-/m1/s1. The molecular weight excluding hydrogens is 296 g/mol. The van der Waals surface area contributed by atoms with Gasteiger partial charge in [-0.25, -0.2) is 4.79 Å². The van der Waals surface area contributed by atoms with Gasteiger partial charge >= 0.3 is 5.97 Å². The maximum absolute atomic E-state index is 11.4. The Morgan fingerprint density at radius 1 is 1.14 bits per heavy atom. The van der Waals surface area contributed by atoms with Crippen molar-refractivity contribution in [3.05, 3.63) is 35.9 Å². The number of carbonyl (C=O) groups is 1. The Morgan fingerprint density at radius 3 is 2.32 bits per heavy atom. The van der Waals surface area contributed by atoms with Crippen molar-refractivity contribution in [3.63, 3.8) is 0 Å². The molecule has 8 nitrogen and oxygen atoms in total. The first-order valence-electron chi connectivity index (χ1n) is 6.69. The number of aliphatic carboxylic acids is 1. The van der Waals surface area contributed by atoms with Crippen molar-refractivity contribution in [1.29, 1.82) is 0 Å². The van der Waals surface area contributed by atoms with Gasteiger partial charge in [0.25, 0.3) is 0 Å². The minimum atomic E-state index is -1.65. The highest BCUT2D eigenvalue weighted by Gasteiger charge is 2.45. The summed E-state index contributed by atoms with van der Waals surface area (Å²) in [7, 11) is 0. The number of aliphatic hydroxyl groups is 4. The first-order chi connectivity index (χ1) is 10.5. The minimum absolute atomic E-state index is 0.326. The summed E-state index contributed by atoms with van der Waals surface area (Å²) in [6, 6.07) is 8.02. The summed E-state index contributed by atoms with van der Waals surface area (Å²) < 4.78 is 10.4. The fraction of sp³-hybridized carbons (Fsp3) is 0.500. The smallest absolute Gasteiger partial charge is 0.337 e. The van der Waals surface area contributed by atoms with E-state index in [0.29, 0.717) is 5.56 Å². The van der Waals surface area contributed by atoms with E-state index in [4.69, 9.17) is 14.6 Å². The van der Waals surface area contributed by atoms with Crippen LogP contribution in [0.1, 0.15) is 11.7 Å². The van der Waals surface area contributed by atoms with Crippen molar-refractivity contribution >= 4 is 5.97 Å². The van der Waals surface area contributed by atoms with Crippen molar-refractivity contribution in [3.8, 4) is 0 Å². The largest absolute Gasteiger partial charge is 0.479 e. The monoisotopic (exact) mass is 314 g/mol. The Labute approximate surface area is 126 Å². The molecular formula is C14H18O8. The van der Waals surface area contributed by atoms with Gasteiger partial charge in [0, 0.05) is 0 Å². The first kappa shape index (κ1) is 16.8. The molecule has 0 saturated carbocycles. The van der Waals surface area contributed by atoms with E-state index in [9.17, 15) is 25.2 Å². The molecule has 0 unspecified atom stereocenters. The predicted octanol–water partition coefficient (Wildman–Crippen LogP) is -1.37. The summed E-state index contributed by atoms with van der Waals surface area (Å²) in [6.07, 6.45) is -8.89. The number of hydrogen-bond acceptors (Lipinski definition) is 7. The summed E-state index contributed by atoms with van der Waals surface area (Å²) in [5, 5.41) is 47.6. The topological polar surface area (TPSA) is 137 Å². The van der Waals surface area contributed by atoms with Crippen LogP contribution in [0.3, 0.4) is 0 Å². The highest BCUT2D eigenvalue weighted by atomic mass is 16.7. The lowest BCUT2D eigenvalue weighted by atomic mass is 9.99. The number of ether oxygens (including phenoxy) is 2. The minimum Gasteiger partial charge on any atom is -0.479 e. The molecule has 1 aliphatic rings. The number of rotatable bonds is 5. The lowest BCUT2D eigenvalue weighted by Crippen LogP contribution is -2.59. The molecule has 0 radical (unpaired) electrons. The third-order valence-electron chi connectivity index (χ3n) is 3.45. The van der Waals surface area contributed by atoms with Gasteiger partial charge in [0.05, 0.1) is 6.61 Å². The molecule has 1 heterocycles. The van der Waals surface area contributed by atoms with Gasteiger partial charge in [0.2, 0.25) is 0 Å². The third-order valence-corrected chi connectivity index (χ3v) is 3.45. The van der Waals surface area contributed by atoms with E-state index < -0.39 is 49.4 Å². The molecule has 1 aromatic rings. The van der Waals surface area contributed by atoms with E-state index >= 15 is 0 Å². The Bertz CT molecular complexity index is 491. The highest BCUT2D eigenvalue weighted by Crippen LogP contribution is 2.27. The lowest BCUT2D eigenvalue weighted by molar-refractivity contribution is -0.311. The van der Waals surface area contributed by atoms with Crippen LogP contribution >= 0.6 is 0 Å². The quantitative estimate of drug-likeness (QED) is 0.449. The average Bonchev–Trinajstić information content (AvgIpc) is 2.52. The van der Waals surface area contributed by atoms with Crippen molar-refractivity contribution in [2.24, 2.45) is 0 Å². The molecule has 0 amide bonds. The molecule has 1 fully saturated rings. The van der Waals surface area contributed by atoms with Gasteiger partial charge in [-0.2, -0.15) is 0 Å². The fourth-order valence-electron chi connectivity index (χ4n) is 2.22. The third kappa shape index (κ3) is 3.43. The SMILES string of the molecule is O=C(O)[C@@H](O[C@H]1O[C@H](CO)[C@@H](O)[C@H](O)[C@H]1O)c1ccccc1. The molecule has 0 spiro atoms. The van der Waals surface area contributed by atoms with E-state index in [2.05, 4.69) is 0 Å². The molecule has 2 rings (SSSR count). The Kier molecular flexibility index (Phi) is 5.46. The van der Waals surface area contributed by atoms with Gasteiger partial charge in [-0.3, -0.25) is 0 Å². The second-order valence-electron chi connectivity index (χ2n) is 4.96. The normalized spacial score (nSPS) is 33.4. The summed E-state index contributed by atoms with van der Waals surface area (Å²) in [6.45, 7) is -0.617. The zero-order valence-corrected chi connectivity index (χ0v) is 11.5. The van der Waals surface area contributed by atoms with Crippen LogP contribution in [0.4, 0.5) is 0 Å². The maximum atomic E-state index is 11.4. The molecule has 122 valence electrons. The molecule has 22 heavy (non-hydrogen) atoms. The lowest BCUT2D eigenvalue weighted by Gasteiger charge is -2.40. The molecule has 8 heteroatoms. The van der Waals surface area contributed by atoms with Crippen molar-refractivity contribution in [2.75, 3.05) is 6.61 Å². The van der Waals surface area contributed by atoms with E-state index in [1.165, 1.54) is 12.1 Å². The van der Waals surface area contributed by atoms with Gasteiger partial charge < -0.3 is 35.0 Å². The van der Waals surface area contributed by atoms with Crippen LogP contribution in [0.15, 0.2) is 30.3 Å². The van der Waals surface area contributed by atoms with Crippen molar-refractivity contribution in [1.82, 2.24) is 0 Å². The van der Waals surface area contributed by atoms with E-state index in [0.717, 1.165) is 0 Å². The Hall–Kier alpha value is -1.55. The molecule has 1 saturated heterocycles. The summed E-state index contributed by atoms with van der Waals surface area (Å²) >= 11 is 0. The summed E-state index contributed by atoms with van der Waals surface area (Å²) in [4.78, 5) is 11.4. The average molecular weight is 314 g/mol. The molecule has 0 bridgehead atoms. The van der Waals surface area contributed by atoms with Gasteiger partial charge in [0.1, 0.15) is 24.4 Å². The van der Waals surface area contributed by atoms with Crippen molar-refractivity contribution < 1.29 is 39.8 Å². The van der Waals surface area contributed by atoms with E-state index in [-0.39, 0.29) is 0 Å². The molecule has 1 aromatic carbocycles. The maximum Gasteiger partial charge on any atom is 0.337 e. The van der Waals surface area contributed by atoms with Crippen LogP contribution < -0.4 is 0 Å². The molecule has 1 aliphatic heterocycles. The van der Waals surface area contributed by atoms with Gasteiger partial charge in [-0.05, 0) is 5.56 Å². The molecule has 5 N–H and O–H groups in total. The van der Waals surface area contributed by atoms with Crippen LogP contribution in [-0.4, -0.2) is 68.8 Å². The van der Waals surface area contributed by atoms with Crippen LogP contribution in [0.2, 0.25) is 0 Å². The number of hydrogen-bond donors (Lipinski definition) is 5. The van der Waals surface area contributed by atoms with Crippen LogP contribution in [0.5, 0.6) is 0 Å². The molecule has 0 aromatic heterocycles. The fourth-order valence-corrected chi connectivity index (χ4v) is 2.22. The number of benzene rings is 1. The van der Waals surface area contributed by atoms with E-state index in [1.54, 1.807) is 18.2 Å². The first-order valence-corrected chi connectivity index (χ1v) is 6.69. The van der Waals surface area contributed by atoms with Crippen LogP contribution in [0.25, 0.3) is 0 Å².